The molecule has 0 bridgehead atoms. The Morgan fingerprint density at radius 1 is 1.23 bits per heavy atom. The standard InChI is InChI=1S/C14H15N3O5/c1-9-12(17(20)21)13(18)16(14(19)15(9)2)8-10-4-6-11(22-3)7-5-10/h4-7H,8H2,1-3H3. The molecule has 0 N–H and O–H groups in total. The van der Waals surface area contributed by atoms with E-state index in [1.807, 2.05) is 0 Å². The molecule has 0 aliphatic heterocycles. The van der Waals surface area contributed by atoms with E-state index in [4.69, 9.17) is 4.74 Å². The second-order valence-corrected chi connectivity index (χ2v) is 4.77. The summed E-state index contributed by atoms with van der Waals surface area (Å²) in [4.78, 5) is 34.7. The average Bonchev–Trinajstić information content (AvgIpc) is 2.50. The Morgan fingerprint density at radius 2 is 1.82 bits per heavy atom. The molecular formula is C14H15N3O5. The first kappa shape index (κ1) is 15.5. The highest BCUT2D eigenvalue weighted by Gasteiger charge is 2.23. The normalized spacial score (nSPS) is 10.5. The van der Waals surface area contributed by atoms with Gasteiger partial charge in [-0.1, -0.05) is 12.1 Å². The SMILES string of the molecule is COc1ccc(Cn2c(=O)c([N+](=O)[O-])c(C)n(C)c2=O)cc1. The molecule has 0 radical (unpaired) electrons. The van der Waals surface area contributed by atoms with Crippen molar-refractivity contribution in [3.63, 3.8) is 0 Å². The van der Waals surface area contributed by atoms with Crippen LogP contribution >= 0.6 is 0 Å². The number of hydrogen-bond acceptors (Lipinski definition) is 5. The Kier molecular flexibility index (Phi) is 4.11. The number of ether oxygens (including phenoxy) is 1. The zero-order valence-corrected chi connectivity index (χ0v) is 12.4. The smallest absolute Gasteiger partial charge is 0.353 e. The van der Waals surface area contributed by atoms with Crippen LogP contribution in [0.2, 0.25) is 0 Å². The molecule has 1 aromatic heterocycles. The van der Waals surface area contributed by atoms with Gasteiger partial charge in [0, 0.05) is 7.05 Å². The predicted octanol–water partition coefficient (Wildman–Crippen LogP) is 0.821. The van der Waals surface area contributed by atoms with E-state index in [0.29, 0.717) is 11.3 Å². The molecule has 1 aromatic carbocycles. The molecule has 0 atom stereocenters. The summed E-state index contributed by atoms with van der Waals surface area (Å²) in [5.74, 6) is 0.638. The first-order valence-electron chi connectivity index (χ1n) is 6.44. The van der Waals surface area contributed by atoms with Crippen molar-refractivity contribution in [2.45, 2.75) is 13.5 Å². The van der Waals surface area contributed by atoms with Gasteiger partial charge in [-0.2, -0.15) is 0 Å². The fourth-order valence-corrected chi connectivity index (χ4v) is 2.12. The second kappa shape index (κ2) is 5.84. The monoisotopic (exact) mass is 305 g/mol. The Bertz CT molecular complexity index is 833. The predicted molar refractivity (Wildman–Crippen MR) is 79.4 cm³/mol. The summed E-state index contributed by atoms with van der Waals surface area (Å²) in [5, 5.41) is 11.1. The number of aromatic nitrogens is 2. The molecule has 8 nitrogen and oxygen atoms in total. The quantitative estimate of drug-likeness (QED) is 0.615. The van der Waals surface area contributed by atoms with Crippen molar-refractivity contribution in [1.82, 2.24) is 9.13 Å². The molecule has 0 aliphatic rings. The molecule has 0 saturated carbocycles. The van der Waals surface area contributed by atoms with E-state index in [1.165, 1.54) is 21.1 Å². The van der Waals surface area contributed by atoms with Crippen molar-refractivity contribution < 1.29 is 9.66 Å². The Labute approximate surface area is 125 Å². The van der Waals surface area contributed by atoms with Crippen molar-refractivity contribution in [3.05, 3.63) is 66.5 Å². The molecule has 0 amide bonds. The van der Waals surface area contributed by atoms with Crippen LogP contribution in [0.25, 0.3) is 0 Å². The number of benzene rings is 1. The van der Waals surface area contributed by atoms with Crippen molar-refractivity contribution in [2.75, 3.05) is 7.11 Å². The molecule has 2 aromatic rings. The fraction of sp³-hybridized carbons (Fsp3) is 0.286. The number of rotatable bonds is 4. The lowest BCUT2D eigenvalue weighted by Gasteiger charge is -2.10. The lowest BCUT2D eigenvalue weighted by Crippen LogP contribution is -2.41. The molecule has 0 aliphatic carbocycles. The Hall–Kier alpha value is -2.90. The first-order chi connectivity index (χ1) is 10.4. The molecule has 0 saturated heterocycles. The number of nitrogens with zero attached hydrogens (tertiary/aromatic N) is 3. The molecule has 116 valence electrons. The van der Waals surface area contributed by atoms with Crippen LogP contribution in [0.5, 0.6) is 5.75 Å². The van der Waals surface area contributed by atoms with Crippen LogP contribution in [0.4, 0.5) is 5.69 Å². The molecule has 8 heteroatoms. The van der Waals surface area contributed by atoms with Gasteiger partial charge in [0.15, 0.2) is 0 Å². The molecule has 1 heterocycles. The van der Waals surface area contributed by atoms with Crippen molar-refractivity contribution in [3.8, 4) is 5.75 Å². The van der Waals surface area contributed by atoms with Crippen molar-refractivity contribution >= 4 is 5.69 Å². The molecule has 0 fully saturated rings. The highest BCUT2D eigenvalue weighted by Crippen LogP contribution is 2.13. The van der Waals surface area contributed by atoms with Gasteiger partial charge in [-0.15, -0.1) is 0 Å². The molecular weight excluding hydrogens is 290 g/mol. The highest BCUT2D eigenvalue weighted by molar-refractivity contribution is 5.33. The van der Waals surface area contributed by atoms with E-state index in [1.54, 1.807) is 24.3 Å². The third-order valence-corrected chi connectivity index (χ3v) is 3.49. The van der Waals surface area contributed by atoms with Crippen LogP contribution in [-0.4, -0.2) is 21.2 Å². The number of hydrogen-bond donors (Lipinski definition) is 0. The Morgan fingerprint density at radius 3 is 2.32 bits per heavy atom. The fourth-order valence-electron chi connectivity index (χ4n) is 2.12. The van der Waals surface area contributed by atoms with Gasteiger partial charge >= 0.3 is 16.9 Å². The minimum Gasteiger partial charge on any atom is -0.497 e. The maximum absolute atomic E-state index is 12.2. The topological polar surface area (TPSA) is 96.4 Å². The third-order valence-electron chi connectivity index (χ3n) is 3.49. The highest BCUT2D eigenvalue weighted by atomic mass is 16.6. The maximum Gasteiger partial charge on any atom is 0.353 e. The molecule has 2 rings (SSSR count). The summed E-state index contributed by atoms with van der Waals surface area (Å²) in [7, 11) is 2.92. The van der Waals surface area contributed by atoms with Crippen LogP contribution in [0, 0.1) is 17.0 Å². The summed E-state index contributed by atoms with van der Waals surface area (Å²) >= 11 is 0. The van der Waals surface area contributed by atoms with Gasteiger partial charge < -0.3 is 4.74 Å². The van der Waals surface area contributed by atoms with Gasteiger partial charge in [0.2, 0.25) is 0 Å². The maximum atomic E-state index is 12.2. The van der Waals surface area contributed by atoms with Crippen LogP contribution in [0.15, 0.2) is 33.9 Å². The van der Waals surface area contributed by atoms with Gasteiger partial charge in [0.05, 0.1) is 18.6 Å². The minimum absolute atomic E-state index is 0.0333. The molecule has 0 unspecified atom stereocenters. The van der Waals surface area contributed by atoms with Crippen molar-refractivity contribution in [1.29, 1.82) is 0 Å². The summed E-state index contributed by atoms with van der Waals surface area (Å²) < 4.78 is 6.98. The first-order valence-corrected chi connectivity index (χ1v) is 6.44. The molecule has 22 heavy (non-hydrogen) atoms. The number of methoxy groups -OCH3 is 1. The van der Waals surface area contributed by atoms with E-state index < -0.39 is 21.9 Å². The van der Waals surface area contributed by atoms with Crippen LogP contribution in [-0.2, 0) is 13.6 Å². The van der Waals surface area contributed by atoms with E-state index >= 15 is 0 Å². The zero-order chi connectivity index (χ0) is 16.4. The van der Waals surface area contributed by atoms with E-state index in [2.05, 4.69) is 0 Å². The Balaban J connectivity index is 2.57. The largest absolute Gasteiger partial charge is 0.497 e. The van der Waals surface area contributed by atoms with Crippen LogP contribution in [0.3, 0.4) is 0 Å². The second-order valence-electron chi connectivity index (χ2n) is 4.77. The van der Waals surface area contributed by atoms with Gasteiger partial charge in [-0.3, -0.25) is 19.5 Å². The number of nitro groups is 1. The summed E-state index contributed by atoms with van der Waals surface area (Å²) in [5.41, 5.74) is -1.38. The summed E-state index contributed by atoms with van der Waals surface area (Å²) in [6.07, 6.45) is 0. The zero-order valence-electron chi connectivity index (χ0n) is 12.4. The van der Waals surface area contributed by atoms with Gasteiger partial charge in [-0.25, -0.2) is 9.36 Å². The van der Waals surface area contributed by atoms with Gasteiger partial charge in [-0.05, 0) is 24.6 Å². The van der Waals surface area contributed by atoms with Gasteiger partial charge in [0.1, 0.15) is 11.4 Å². The van der Waals surface area contributed by atoms with Crippen LogP contribution < -0.4 is 16.0 Å². The van der Waals surface area contributed by atoms with Crippen molar-refractivity contribution in [2.24, 2.45) is 7.05 Å². The summed E-state index contributed by atoms with van der Waals surface area (Å²) in [6.45, 7) is 1.33. The van der Waals surface area contributed by atoms with Crippen LogP contribution in [0.1, 0.15) is 11.3 Å². The molecule has 0 spiro atoms. The lowest BCUT2D eigenvalue weighted by molar-refractivity contribution is -0.387. The van der Waals surface area contributed by atoms with E-state index in [9.17, 15) is 19.7 Å². The van der Waals surface area contributed by atoms with E-state index in [0.717, 1.165) is 9.13 Å². The third kappa shape index (κ3) is 2.62. The van der Waals surface area contributed by atoms with E-state index in [-0.39, 0.29) is 12.2 Å². The lowest BCUT2D eigenvalue weighted by atomic mass is 10.2. The minimum atomic E-state index is -0.901. The summed E-state index contributed by atoms with van der Waals surface area (Å²) in [6, 6.07) is 6.76. The van der Waals surface area contributed by atoms with Gasteiger partial charge in [0.25, 0.3) is 0 Å². The average molecular weight is 305 g/mol.